The number of piperidine rings is 1. The largest absolute Gasteiger partial charge is 0.461 e. The van der Waals surface area contributed by atoms with Crippen molar-refractivity contribution in [1.82, 2.24) is 4.90 Å². The zero-order valence-electron chi connectivity index (χ0n) is 15.0. The molecule has 1 N–H and O–H groups in total. The van der Waals surface area contributed by atoms with E-state index in [1.54, 1.807) is 0 Å². The number of carbonyl (C=O) groups is 1. The molecule has 2 heterocycles. The Morgan fingerprint density at radius 3 is 2.71 bits per heavy atom. The molecule has 3 rings (SSSR count). The third-order valence-corrected chi connectivity index (χ3v) is 5.77. The highest BCUT2D eigenvalue weighted by molar-refractivity contribution is 5.76. The van der Waals surface area contributed by atoms with Gasteiger partial charge in [-0.2, -0.15) is 0 Å². The molecule has 0 aromatic rings. The summed E-state index contributed by atoms with van der Waals surface area (Å²) in [5.41, 5.74) is 2.46. The molecule has 0 radical (unpaired) electrons. The first-order valence-electron chi connectivity index (χ1n) is 9.48. The van der Waals surface area contributed by atoms with Crippen molar-refractivity contribution in [1.29, 1.82) is 0 Å². The molecule has 4 atom stereocenters. The number of allylic oxidation sites excluding steroid dienone is 2. The van der Waals surface area contributed by atoms with E-state index in [9.17, 15) is 9.90 Å². The molecule has 3 aliphatic rings. The van der Waals surface area contributed by atoms with Crippen molar-refractivity contribution in [3.63, 3.8) is 0 Å². The first-order chi connectivity index (χ1) is 11.5. The van der Waals surface area contributed by atoms with Gasteiger partial charge in [0.05, 0.1) is 12.0 Å². The van der Waals surface area contributed by atoms with E-state index in [-0.39, 0.29) is 23.9 Å². The molecular formula is C20H31NO3. The number of aliphatic hydroxyl groups is 1. The molecule has 4 heteroatoms. The lowest BCUT2D eigenvalue weighted by atomic mass is 9.81. The summed E-state index contributed by atoms with van der Waals surface area (Å²) in [6, 6.07) is 0. The van der Waals surface area contributed by atoms with E-state index in [1.807, 2.05) is 6.08 Å². The highest BCUT2D eigenvalue weighted by atomic mass is 16.6. The summed E-state index contributed by atoms with van der Waals surface area (Å²) in [6.07, 6.45) is 9.82. The molecule has 4 nitrogen and oxygen atoms in total. The maximum absolute atomic E-state index is 12.5. The number of nitrogens with zero attached hydrogens (tertiary/aromatic N) is 1. The normalized spacial score (nSPS) is 37.9. The van der Waals surface area contributed by atoms with Crippen LogP contribution in [0.1, 0.15) is 52.4 Å². The van der Waals surface area contributed by atoms with E-state index in [0.29, 0.717) is 0 Å². The molecule has 0 aromatic heterocycles. The molecule has 134 valence electrons. The summed E-state index contributed by atoms with van der Waals surface area (Å²) in [5.74, 6) is -0.456. The summed E-state index contributed by atoms with van der Waals surface area (Å²) >= 11 is 0. The standard InChI is InChI=1S/C20H31NO3/c1-14-7-6-8-15(2)12-18-19(17(22)11-14)16(20(23)24-18)13-21-9-4-3-5-10-21/h8,11,16-19,22H,3-7,9-10,12-13H2,1-2H3/b14-11?,15-8+/t16-,17-,18+,19+/m1/s1. The highest BCUT2D eigenvalue weighted by Crippen LogP contribution is 2.37. The van der Waals surface area contributed by atoms with Crippen molar-refractivity contribution in [2.45, 2.75) is 64.6 Å². The second-order valence-electron chi connectivity index (χ2n) is 7.82. The van der Waals surface area contributed by atoms with Gasteiger partial charge in [0.1, 0.15) is 6.10 Å². The molecule has 0 saturated carbocycles. The zero-order valence-corrected chi connectivity index (χ0v) is 15.0. The van der Waals surface area contributed by atoms with Gasteiger partial charge in [0.15, 0.2) is 0 Å². The van der Waals surface area contributed by atoms with E-state index in [0.717, 1.165) is 38.9 Å². The monoisotopic (exact) mass is 333 g/mol. The Bertz CT molecular complexity index is 519. The van der Waals surface area contributed by atoms with Crippen LogP contribution in [-0.4, -0.2) is 47.8 Å². The predicted octanol–water partition coefficient (Wildman–Crippen LogP) is 3.07. The maximum atomic E-state index is 12.5. The Kier molecular flexibility index (Phi) is 5.77. The lowest BCUT2D eigenvalue weighted by Gasteiger charge is -2.31. The highest BCUT2D eigenvalue weighted by Gasteiger charge is 2.48. The topological polar surface area (TPSA) is 49.8 Å². The number of hydrogen-bond donors (Lipinski definition) is 1. The van der Waals surface area contributed by atoms with Crippen molar-refractivity contribution < 1.29 is 14.6 Å². The number of ether oxygens (including phenoxy) is 1. The zero-order chi connectivity index (χ0) is 17.1. The minimum absolute atomic E-state index is 0.118. The molecule has 2 aliphatic heterocycles. The fraction of sp³-hybridized carbons (Fsp3) is 0.750. The second-order valence-corrected chi connectivity index (χ2v) is 7.82. The third-order valence-electron chi connectivity index (χ3n) is 5.77. The van der Waals surface area contributed by atoms with E-state index in [2.05, 4.69) is 24.8 Å². The average molecular weight is 333 g/mol. The van der Waals surface area contributed by atoms with Crippen LogP contribution >= 0.6 is 0 Å². The Morgan fingerprint density at radius 1 is 1.21 bits per heavy atom. The lowest BCUT2D eigenvalue weighted by Crippen LogP contribution is -2.41. The van der Waals surface area contributed by atoms with Gasteiger partial charge in [0.2, 0.25) is 0 Å². The molecular weight excluding hydrogens is 302 g/mol. The summed E-state index contributed by atoms with van der Waals surface area (Å²) in [6.45, 7) is 7.03. The summed E-state index contributed by atoms with van der Waals surface area (Å²) in [7, 11) is 0. The van der Waals surface area contributed by atoms with Crippen LogP contribution in [0.5, 0.6) is 0 Å². The van der Waals surface area contributed by atoms with Crippen molar-refractivity contribution in [2.24, 2.45) is 11.8 Å². The number of carbonyl (C=O) groups excluding carboxylic acids is 1. The maximum Gasteiger partial charge on any atom is 0.311 e. The van der Waals surface area contributed by atoms with E-state index < -0.39 is 6.10 Å². The van der Waals surface area contributed by atoms with Crippen molar-refractivity contribution >= 4 is 5.97 Å². The van der Waals surface area contributed by atoms with Crippen LogP contribution in [0.2, 0.25) is 0 Å². The molecule has 1 aliphatic carbocycles. The van der Waals surface area contributed by atoms with Crippen LogP contribution in [0.15, 0.2) is 23.3 Å². The van der Waals surface area contributed by atoms with Crippen molar-refractivity contribution in [2.75, 3.05) is 19.6 Å². The number of likely N-dealkylation sites (tertiary alicyclic amines) is 1. The fourth-order valence-electron chi connectivity index (χ4n) is 4.42. The van der Waals surface area contributed by atoms with Gasteiger partial charge in [-0.3, -0.25) is 4.79 Å². The van der Waals surface area contributed by atoms with Crippen LogP contribution in [0, 0.1) is 11.8 Å². The van der Waals surface area contributed by atoms with Gasteiger partial charge in [-0.1, -0.05) is 29.7 Å². The van der Waals surface area contributed by atoms with Crippen LogP contribution < -0.4 is 0 Å². The smallest absolute Gasteiger partial charge is 0.311 e. The van der Waals surface area contributed by atoms with Crippen LogP contribution in [0.3, 0.4) is 0 Å². The van der Waals surface area contributed by atoms with E-state index in [1.165, 1.54) is 30.4 Å². The van der Waals surface area contributed by atoms with Gasteiger partial charge < -0.3 is 14.7 Å². The Morgan fingerprint density at radius 2 is 1.96 bits per heavy atom. The molecule has 2 fully saturated rings. The molecule has 24 heavy (non-hydrogen) atoms. The average Bonchev–Trinajstić information content (AvgIpc) is 2.83. The van der Waals surface area contributed by atoms with E-state index in [4.69, 9.17) is 4.74 Å². The number of esters is 1. The SMILES string of the molecule is CC1=C[C@@H](O)[C@H]2[C@H](C/C(C)=C/CC1)OC(=O)[C@@H]2CN1CCCCC1. The van der Waals surface area contributed by atoms with E-state index >= 15 is 0 Å². The van der Waals surface area contributed by atoms with Crippen molar-refractivity contribution in [3.8, 4) is 0 Å². The molecule has 2 saturated heterocycles. The van der Waals surface area contributed by atoms with Gasteiger partial charge in [-0.15, -0.1) is 0 Å². The summed E-state index contributed by atoms with van der Waals surface area (Å²) in [4.78, 5) is 14.9. The molecule has 0 bridgehead atoms. The fourth-order valence-corrected chi connectivity index (χ4v) is 4.42. The molecule has 0 aromatic carbocycles. The number of fused-ring (bicyclic) bond motifs is 1. The second kappa shape index (κ2) is 7.83. The Hall–Kier alpha value is -1.13. The van der Waals surface area contributed by atoms with Gasteiger partial charge in [0, 0.05) is 18.9 Å². The number of hydrogen-bond acceptors (Lipinski definition) is 4. The minimum atomic E-state index is -0.595. The minimum Gasteiger partial charge on any atom is -0.461 e. The van der Waals surface area contributed by atoms with Crippen molar-refractivity contribution in [3.05, 3.63) is 23.3 Å². The third kappa shape index (κ3) is 4.09. The molecule has 0 spiro atoms. The van der Waals surface area contributed by atoms with Gasteiger partial charge in [-0.25, -0.2) is 0 Å². The Balaban J connectivity index is 1.81. The van der Waals surface area contributed by atoms with Gasteiger partial charge in [-0.05, 0) is 52.6 Å². The predicted molar refractivity (Wildman–Crippen MR) is 94.5 cm³/mol. The first kappa shape index (κ1) is 17.7. The lowest BCUT2D eigenvalue weighted by molar-refractivity contribution is -0.144. The Labute approximate surface area is 145 Å². The summed E-state index contributed by atoms with van der Waals surface area (Å²) < 4.78 is 5.73. The number of aliphatic hydroxyl groups excluding tert-OH is 1. The quantitative estimate of drug-likeness (QED) is 0.623. The molecule has 0 amide bonds. The van der Waals surface area contributed by atoms with Gasteiger partial charge in [0.25, 0.3) is 0 Å². The van der Waals surface area contributed by atoms with Crippen LogP contribution in [0.25, 0.3) is 0 Å². The van der Waals surface area contributed by atoms with Crippen LogP contribution in [0.4, 0.5) is 0 Å². The van der Waals surface area contributed by atoms with Crippen LogP contribution in [-0.2, 0) is 9.53 Å². The summed E-state index contributed by atoms with van der Waals surface area (Å²) in [5, 5.41) is 10.8. The first-order valence-corrected chi connectivity index (χ1v) is 9.48. The number of rotatable bonds is 2. The molecule has 0 unspecified atom stereocenters. The van der Waals surface area contributed by atoms with Gasteiger partial charge >= 0.3 is 5.97 Å².